The summed E-state index contributed by atoms with van der Waals surface area (Å²) in [4.78, 5) is 14.4. The fourth-order valence-electron chi connectivity index (χ4n) is 2.90. The molecule has 0 bridgehead atoms. The van der Waals surface area contributed by atoms with Crippen molar-refractivity contribution in [3.63, 3.8) is 0 Å². The van der Waals surface area contributed by atoms with Crippen molar-refractivity contribution in [3.05, 3.63) is 74.3 Å². The lowest BCUT2D eigenvalue weighted by Gasteiger charge is -2.15. The van der Waals surface area contributed by atoms with Crippen molar-refractivity contribution in [3.8, 4) is 34.8 Å². The topological polar surface area (TPSA) is 125 Å². The van der Waals surface area contributed by atoms with Gasteiger partial charge in [0.25, 0.3) is 5.56 Å². The highest BCUT2D eigenvalue weighted by Gasteiger charge is 2.20. The number of aromatic amines is 1. The van der Waals surface area contributed by atoms with Crippen molar-refractivity contribution >= 4 is 17.4 Å². The highest BCUT2D eigenvalue weighted by molar-refractivity contribution is 6.31. The monoisotopic (exact) mass is 424 g/mol. The number of ether oxygens (including phenoxy) is 2. The van der Waals surface area contributed by atoms with Gasteiger partial charge < -0.3 is 20.2 Å². The minimum absolute atomic E-state index is 0.0561. The van der Waals surface area contributed by atoms with Crippen LogP contribution in [0.4, 0.5) is 10.2 Å². The van der Waals surface area contributed by atoms with E-state index in [4.69, 9.17) is 26.8 Å². The van der Waals surface area contributed by atoms with Gasteiger partial charge in [-0.15, -0.1) is 0 Å². The van der Waals surface area contributed by atoms with E-state index in [2.05, 4.69) is 4.98 Å². The Balaban J connectivity index is 2.12. The lowest BCUT2D eigenvalue weighted by atomic mass is 9.96. The van der Waals surface area contributed by atoms with Crippen LogP contribution in [0.25, 0.3) is 11.1 Å². The van der Waals surface area contributed by atoms with Crippen molar-refractivity contribution in [2.24, 2.45) is 0 Å². The van der Waals surface area contributed by atoms with Crippen molar-refractivity contribution in [2.75, 3.05) is 12.8 Å². The maximum absolute atomic E-state index is 14.0. The molecular weight excluding hydrogens is 411 g/mol. The van der Waals surface area contributed by atoms with Crippen LogP contribution < -0.4 is 20.8 Å². The molecule has 150 valence electrons. The Bertz CT molecular complexity index is 1250. The number of hydrogen-bond acceptors (Lipinski definition) is 6. The molecule has 9 heteroatoms. The first kappa shape index (κ1) is 20.7. The molecule has 0 fully saturated rings. The molecule has 0 unspecified atom stereocenters. The minimum atomic E-state index is -0.722. The van der Waals surface area contributed by atoms with E-state index >= 15 is 0 Å². The summed E-state index contributed by atoms with van der Waals surface area (Å²) in [5.74, 6) is -0.173. The fraction of sp³-hybridized carbons (Fsp3) is 0.0952. The lowest BCUT2D eigenvalue weighted by Crippen LogP contribution is -2.16. The van der Waals surface area contributed by atoms with Gasteiger partial charge in [0.15, 0.2) is 11.5 Å². The van der Waals surface area contributed by atoms with Crippen molar-refractivity contribution in [1.82, 2.24) is 4.98 Å². The maximum Gasteiger partial charge on any atom is 0.268 e. The van der Waals surface area contributed by atoms with Gasteiger partial charge in [0.2, 0.25) is 0 Å². The highest BCUT2D eigenvalue weighted by atomic mass is 35.5. The normalized spacial score (nSPS) is 10.2. The van der Waals surface area contributed by atoms with E-state index in [9.17, 15) is 19.7 Å². The van der Waals surface area contributed by atoms with Gasteiger partial charge in [-0.05, 0) is 29.8 Å². The molecule has 7 nitrogen and oxygen atoms in total. The molecule has 0 atom stereocenters. The van der Waals surface area contributed by atoms with E-state index in [1.807, 2.05) is 6.07 Å². The number of methoxy groups -OCH3 is 1. The summed E-state index contributed by atoms with van der Waals surface area (Å²) >= 11 is 6.04. The van der Waals surface area contributed by atoms with Crippen LogP contribution in [0.2, 0.25) is 5.02 Å². The number of nitrogen functional groups attached to an aromatic ring is 1. The standard InChI is InChI=1S/C21H14ClFN4O3/c1-29-17-6-5-11(19-12(8-24)20(26)27-21(28)13(19)9-25)7-18(17)30-10-14-15(22)3-2-4-16(14)23/h2-7H,10H2,1H3,(H3,26,27,28). The molecule has 0 saturated carbocycles. The molecule has 2 aromatic carbocycles. The Morgan fingerprint density at radius 3 is 2.53 bits per heavy atom. The molecular formula is C21H14ClFN4O3. The predicted octanol–water partition coefficient (Wildman–Crippen LogP) is 3.75. The summed E-state index contributed by atoms with van der Waals surface area (Å²) in [6.07, 6.45) is 0. The third kappa shape index (κ3) is 3.77. The number of rotatable bonds is 5. The molecule has 0 radical (unpaired) electrons. The lowest BCUT2D eigenvalue weighted by molar-refractivity contribution is 0.280. The first-order valence-corrected chi connectivity index (χ1v) is 8.89. The van der Waals surface area contributed by atoms with Crippen LogP contribution in [0.1, 0.15) is 16.7 Å². The van der Waals surface area contributed by atoms with E-state index in [1.165, 1.54) is 37.4 Å². The first-order valence-electron chi connectivity index (χ1n) is 8.51. The Morgan fingerprint density at radius 2 is 1.90 bits per heavy atom. The zero-order chi connectivity index (χ0) is 21.8. The van der Waals surface area contributed by atoms with Crippen molar-refractivity contribution < 1.29 is 13.9 Å². The number of H-pyrrole nitrogens is 1. The van der Waals surface area contributed by atoms with Gasteiger partial charge in [-0.25, -0.2) is 4.39 Å². The summed E-state index contributed by atoms with van der Waals surface area (Å²) in [5.41, 5.74) is 5.26. The summed E-state index contributed by atoms with van der Waals surface area (Å²) in [6, 6.07) is 12.5. The smallest absolute Gasteiger partial charge is 0.268 e. The minimum Gasteiger partial charge on any atom is -0.493 e. The summed E-state index contributed by atoms with van der Waals surface area (Å²) in [6.45, 7) is -0.195. The van der Waals surface area contributed by atoms with E-state index in [1.54, 1.807) is 12.1 Å². The molecule has 1 aromatic heterocycles. The van der Waals surface area contributed by atoms with Crippen molar-refractivity contribution in [1.29, 1.82) is 10.5 Å². The number of benzene rings is 2. The molecule has 3 rings (SSSR count). The highest BCUT2D eigenvalue weighted by Crippen LogP contribution is 2.36. The molecule has 0 saturated heterocycles. The Hall–Kier alpha value is -4.01. The number of aromatic nitrogens is 1. The van der Waals surface area contributed by atoms with E-state index in [-0.39, 0.29) is 45.5 Å². The summed E-state index contributed by atoms with van der Waals surface area (Å²) < 4.78 is 25.0. The molecule has 0 aliphatic carbocycles. The van der Waals surface area contributed by atoms with Gasteiger partial charge in [-0.1, -0.05) is 23.7 Å². The van der Waals surface area contributed by atoms with Gasteiger partial charge in [0, 0.05) is 11.1 Å². The van der Waals surface area contributed by atoms with Crippen LogP contribution in [0.15, 0.2) is 41.2 Å². The van der Waals surface area contributed by atoms with Crippen LogP contribution in [0.3, 0.4) is 0 Å². The number of nitriles is 2. The third-order valence-corrected chi connectivity index (χ3v) is 4.71. The van der Waals surface area contributed by atoms with Crippen LogP contribution in [0.5, 0.6) is 11.5 Å². The Morgan fingerprint density at radius 1 is 1.17 bits per heavy atom. The van der Waals surface area contributed by atoms with E-state index < -0.39 is 11.4 Å². The average molecular weight is 425 g/mol. The number of nitrogens with zero attached hydrogens (tertiary/aromatic N) is 2. The number of halogens is 2. The molecule has 30 heavy (non-hydrogen) atoms. The first-order chi connectivity index (χ1) is 14.4. The number of pyridine rings is 1. The van der Waals surface area contributed by atoms with Crippen LogP contribution >= 0.6 is 11.6 Å². The quantitative estimate of drug-likeness (QED) is 0.642. The summed E-state index contributed by atoms with van der Waals surface area (Å²) in [7, 11) is 1.42. The van der Waals surface area contributed by atoms with Crippen LogP contribution in [-0.4, -0.2) is 12.1 Å². The number of anilines is 1. The van der Waals surface area contributed by atoms with Gasteiger partial charge in [-0.3, -0.25) is 4.79 Å². The largest absolute Gasteiger partial charge is 0.493 e. The third-order valence-electron chi connectivity index (χ3n) is 4.35. The molecule has 0 spiro atoms. The maximum atomic E-state index is 14.0. The van der Waals surface area contributed by atoms with Gasteiger partial charge in [0.05, 0.1) is 12.1 Å². The van der Waals surface area contributed by atoms with Crippen LogP contribution in [-0.2, 0) is 6.61 Å². The van der Waals surface area contributed by atoms with Crippen LogP contribution in [0, 0.1) is 28.5 Å². The number of hydrogen-bond donors (Lipinski definition) is 2. The van der Waals surface area contributed by atoms with Gasteiger partial charge in [-0.2, -0.15) is 10.5 Å². The van der Waals surface area contributed by atoms with Crippen molar-refractivity contribution in [2.45, 2.75) is 6.61 Å². The SMILES string of the molecule is COc1ccc(-c2c(C#N)c(N)[nH]c(=O)c2C#N)cc1OCc1c(F)cccc1Cl. The van der Waals surface area contributed by atoms with Gasteiger partial charge in [0.1, 0.15) is 41.5 Å². The number of nitrogens with one attached hydrogen (secondary N) is 1. The predicted molar refractivity (Wildman–Crippen MR) is 109 cm³/mol. The van der Waals surface area contributed by atoms with Gasteiger partial charge >= 0.3 is 0 Å². The number of nitrogens with two attached hydrogens (primary N) is 1. The molecule has 0 amide bonds. The molecule has 3 aromatic rings. The Labute approximate surface area is 175 Å². The molecule has 1 heterocycles. The van der Waals surface area contributed by atoms with E-state index in [0.717, 1.165) is 0 Å². The second-order valence-electron chi connectivity index (χ2n) is 6.07. The zero-order valence-corrected chi connectivity index (χ0v) is 16.4. The second-order valence-corrected chi connectivity index (χ2v) is 6.48. The Kier molecular flexibility index (Phi) is 5.91. The molecule has 0 aliphatic heterocycles. The fourth-order valence-corrected chi connectivity index (χ4v) is 3.11. The molecule has 3 N–H and O–H groups in total. The zero-order valence-electron chi connectivity index (χ0n) is 15.6. The van der Waals surface area contributed by atoms with E-state index in [0.29, 0.717) is 11.3 Å². The molecule has 0 aliphatic rings. The summed E-state index contributed by atoms with van der Waals surface area (Å²) in [5, 5.41) is 19.1. The average Bonchev–Trinajstić information content (AvgIpc) is 2.72. The second kappa shape index (κ2) is 8.56.